The third-order valence-corrected chi connectivity index (χ3v) is 3.28. The van der Waals surface area contributed by atoms with E-state index < -0.39 is 0 Å². The highest BCUT2D eigenvalue weighted by Crippen LogP contribution is 2.26. The number of fused-ring (bicyclic) bond motifs is 1. The molecule has 0 unspecified atom stereocenters. The van der Waals surface area contributed by atoms with Crippen molar-refractivity contribution in [3.63, 3.8) is 0 Å². The van der Waals surface area contributed by atoms with Crippen LogP contribution >= 0.6 is 11.3 Å². The molecular formula is C11H14N2OS. The lowest BCUT2D eigenvalue weighted by Gasteiger charge is -2.00. The first-order valence-electron chi connectivity index (χ1n) is 4.91. The van der Waals surface area contributed by atoms with Gasteiger partial charge in [0.15, 0.2) is 0 Å². The van der Waals surface area contributed by atoms with Gasteiger partial charge in [-0.25, -0.2) is 4.98 Å². The van der Waals surface area contributed by atoms with E-state index in [4.69, 9.17) is 4.74 Å². The third-order valence-electron chi connectivity index (χ3n) is 2.35. The number of nitrogens with zero attached hydrogens (tertiary/aromatic N) is 1. The van der Waals surface area contributed by atoms with Crippen LogP contribution in [-0.2, 0) is 6.42 Å². The van der Waals surface area contributed by atoms with E-state index in [0.717, 1.165) is 17.8 Å². The first kappa shape index (κ1) is 10.4. The van der Waals surface area contributed by atoms with Crippen molar-refractivity contribution >= 4 is 21.6 Å². The van der Waals surface area contributed by atoms with Crippen LogP contribution in [0.15, 0.2) is 17.5 Å². The van der Waals surface area contributed by atoms with Crippen molar-refractivity contribution in [2.24, 2.45) is 0 Å². The van der Waals surface area contributed by atoms with Gasteiger partial charge in [-0.1, -0.05) is 0 Å². The molecule has 15 heavy (non-hydrogen) atoms. The van der Waals surface area contributed by atoms with Crippen LogP contribution in [0.2, 0.25) is 0 Å². The zero-order valence-electron chi connectivity index (χ0n) is 8.91. The van der Waals surface area contributed by atoms with Crippen molar-refractivity contribution in [3.8, 4) is 5.88 Å². The summed E-state index contributed by atoms with van der Waals surface area (Å²) in [6, 6.07) is 4.00. The van der Waals surface area contributed by atoms with Gasteiger partial charge in [-0.15, -0.1) is 11.3 Å². The largest absolute Gasteiger partial charge is 0.481 e. The van der Waals surface area contributed by atoms with Crippen LogP contribution < -0.4 is 10.1 Å². The van der Waals surface area contributed by atoms with Gasteiger partial charge in [-0.05, 0) is 37.0 Å². The standard InChI is InChI=1S/C11H14N2OS/c1-12-6-5-8-7-15-11-9(8)3-4-10(13-11)14-2/h3-4,7,12H,5-6H2,1-2H3. The number of likely N-dealkylation sites (N-methyl/N-ethyl adjacent to an activating group) is 1. The molecule has 0 aliphatic heterocycles. The van der Waals surface area contributed by atoms with Gasteiger partial charge < -0.3 is 10.1 Å². The molecule has 2 rings (SSSR count). The van der Waals surface area contributed by atoms with Crippen LogP contribution in [0, 0.1) is 0 Å². The van der Waals surface area contributed by atoms with Gasteiger partial charge in [0, 0.05) is 11.5 Å². The number of aromatic nitrogens is 1. The monoisotopic (exact) mass is 222 g/mol. The Hall–Kier alpha value is -1.13. The SMILES string of the molecule is CNCCc1csc2nc(OC)ccc12. The number of methoxy groups -OCH3 is 1. The van der Waals surface area contributed by atoms with Crippen LogP contribution in [0.3, 0.4) is 0 Å². The minimum Gasteiger partial charge on any atom is -0.481 e. The summed E-state index contributed by atoms with van der Waals surface area (Å²) in [6.45, 7) is 0.998. The summed E-state index contributed by atoms with van der Waals surface area (Å²) >= 11 is 1.68. The summed E-state index contributed by atoms with van der Waals surface area (Å²) < 4.78 is 5.10. The fourth-order valence-corrected chi connectivity index (χ4v) is 2.48. The minimum absolute atomic E-state index is 0.685. The van der Waals surface area contributed by atoms with E-state index in [2.05, 4.69) is 21.7 Å². The Morgan fingerprint density at radius 2 is 2.33 bits per heavy atom. The average Bonchev–Trinajstić information content (AvgIpc) is 2.68. The Morgan fingerprint density at radius 1 is 1.47 bits per heavy atom. The van der Waals surface area contributed by atoms with Crippen molar-refractivity contribution in [1.29, 1.82) is 0 Å². The molecule has 4 heteroatoms. The quantitative estimate of drug-likeness (QED) is 0.860. The molecule has 0 radical (unpaired) electrons. The predicted molar refractivity (Wildman–Crippen MR) is 63.8 cm³/mol. The number of thiophene rings is 1. The number of pyridine rings is 1. The van der Waals surface area contributed by atoms with Crippen LogP contribution in [0.25, 0.3) is 10.2 Å². The van der Waals surface area contributed by atoms with Gasteiger partial charge in [0.2, 0.25) is 5.88 Å². The second-order valence-corrected chi connectivity index (χ2v) is 4.18. The molecule has 0 aromatic carbocycles. The second kappa shape index (κ2) is 4.59. The molecule has 0 saturated carbocycles. The lowest BCUT2D eigenvalue weighted by Crippen LogP contribution is -2.09. The fraction of sp³-hybridized carbons (Fsp3) is 0.364. The Kier molecular flexibility index (Phi) is 3.18. The minimum atomic E-state index is 0.685. The van der Waals surface area contributed by atoms with E-state index in [1.165, 1.54) is 10.9 Å². The average molecular weight is 222 g/mol. The Morgan fingerprint density at radius 3 is 3.07 bits per heavy atom. The first-order valence-corrected chi connectivity index (χ1v) is 5.79. The maximum Gasteiger partial charge on any atom is 0.214 e. The predicted octanol–water partition coefficient (Wildman–Crippen LogP) is 2.07. The molecule has 80 valence electrons. The molecule has 0 aliphatic carbocycles. The maximum absolute atomic E-state index is 5.10. The van der Waals surface area contributed by atoms with E-state index >= 15 is 0 Å². The topological polar surface area (TPSA) is 34.2 Å². The van der Waals surface area contributed by atoms with Crippen molar-refractivity contribution in [3.05, 3.63) is 23.1 Å². The highest BCUT2D eigenvalue weighted by atomic mass is 32.1. The van der Waals surface area contributed by atoms with E-state index in [-0.39, 0.29) is 0 Å². The molecule has 0 spiro atoms. The number of rotatable bonds is 4. The Bertz CT molecular complexity index is 453. The van der Waals surface area contributed by atoms with Crippen LogP contribution in [0.1, 0.15) is 5.56 Å². The molecule has 0 bridgehead atoms. The number of hydrogen-bond acceptors (Lipinski definition) is 4. The van der Waals surface area contributed by atoms with Crippen molar-refractivity contribution in [1.82, 2.24) is 10.3 Å². The highest BCUT2D eigenvalue weighted by molar-refractivity contribution is 7.16. The van der Waals surface area contributed by atoms with E-state index in [1.807, 2.05) is 13.1 Å². The molecule has 0 fully saturated rings. The van der Waals surface area contributed by atoms with Crippen LogP contribution in [0.5, 0.6) is 5.88 Å². The number of ether oxygens (including phenoxy) is 1. The molecule has 0 atom stereocenters. The summed E-state index contributed by atoms with van der Waals surface area (Å²) in [6.07, 6.45) is 1.05. The third kappa shape index (κ3) is 2.11. The summed E-state index contributed by atoms with van der Waals surface area (Å²) in [5.41, 5.74) is 1.36. The molecular weight excluding hydrogens is 208 g/mol. The van der Waals surface area contributed by atoms with Crippen molar-refractivity contribution in [2.45, 2.75) is 6.42 Å². The molecule has 1 N–H and O–H groups in total. The van der Waals surface area contributed by atoms with E-state index in [0.29, 0.717) is 5.88 Å². The smallest absolute Gasteiger partial charge is 0.214 e. The van der Waals surface area contributed by atoms with Gasteiger partial charge in [0.25, 0.3) is 0 Å². The molecule has 3 nitrogen and oxygen atoms in total. The van der Waals surface area contributed by atoms with Gasteiger partial charge in [0.1, 0.15) is 4.83 Å². The molecule has 2 aromatic rings. The zero-order valence-corrected chi connectivity index (χ0v) is 9.73. The van der Waals surface area contributed by atoms with Gasteiger partial charge in [-0.2, -0.15) is 0 Å². The molecule has 2 aromatic heterocycles. The summed E-state index contributed by atoms with van der Waals surface area (Å²) in [5.74, 6) is 0.685. The molecule has 0 saturated heterocycles. The van der Waals surface area contributed by atoms with Crippen LogP contribution in [-0.4, -0.2) is 25.7 Å². The molecule has 0 aliphatic rings. The number of nitrogens with one attached hydrogen (secondary N) is 1. The Balaban J connectivity index is 2.34. The first-order chi connectivity index (χ1) is 7.35. The van der Waals surface area contributed by atoms with Crippen molar-refractivity contribution in [2.75, 3.05) is 20.7 Å². The Labute approximate surface area is 93.1 Å². The van der Waals surface area contributed by atoms with Gasteiger partial charge in [-0.3, -0.25) is 0 Å². The lowest BCUT2D eigenvalue weighted by atomic mass is 10.1. The van der Waals surface area contributed by atoms with E-state index in [1.54, 1.807) is 18.4 Å². The lowest BCUT2D eigenvalue weighted by molar-refractivity contribution is 0.400. The summed E-state index contributed by atoms with van der Waals surface area (Å²) in [5, 5.41) is 6.57. The number of hydrogen-bond donors (Lipinski definition) is 1. The second-order valence-electron chi connectivity index (χ2n) is 3.32. The van der Waals surface area contributed by atoms with Gasteiger partial charge in [0.05, 0.1) is 7.11 Å². The van der Waals surface area contributed by atoms with Crippen LogP contribution in [0.4, 0.5) is 0 Å². The highest BCUT2D eigenvalue weighted by Gasteiger charge is 2.05. The fourth-order valence-electron chi connectivity index (χ4n) is 1.52. The summed E-state index contributed by atoms with van der Waals surface area (Å²) in [7, 11) is 3.61. The summed E-state index contributed by atoms with van der Waals surface area (Å²) in [4.78, 5) is 5.45. The molecule has 0 amide bonds. The zero-order chi connectivity index (χ0) is 10.7. The maximum atomic E-state index is 5.10. The van der Waals surface area contributed by atoms with Gasteiger partial charge >= 0.3 is 0 Å². The van der Waals surface area contributed by atoms with Crippen molar-refractivity contribution < 1.29 is 4.74 Å². The van der Waals surface area contributed by atoms with E-state index in [9.17, 15) is 0 Å². The normalized spacial score (nSPS) is 10.8. The molecule has 2 heterocycles.